The van der Waals surface area contributed by atoms with E-state index in [0.717, 1.165) is 6.26 Å². The molecule has 0 bridgehead atoms. The van der Waals surface area contributed by atoms with Crippen LogP contribution >= 0.6 is 0 Å². The molecule has 5 nitrogen and oxygen atoms in total. The van der Waals surface area contributed by atoms with Crippen molar-refractivity contribution in [2.75, 3.05) is 6.26 Å². The number of aliphatic carboxylic acids is 1. The van der Waals surface area contributed by atoms with Crippen molar-refractivity contribution >= 4 is 16.1 Å². The maximum atomic E-state index is 10.7. The SMILES string of the molecule is [CH2]C#CC(C(=O)O)C(C)OS(C)(=O)=O. The third kappa shape index (κ3) is 4.84. The number of carboxylic acids is 1. The molecule has 2 atom stereocenters. The first-order valence-corrected chi connectivity index (χ1v) is 5.48. The fourth-order valence-electron chi connectivity index (χ4n) is 0.821. The van der Waals surface area contributed by atoms with E-state index in [0.29, 0.717) is 0 Å². The fourth-order valence-corrected chi connectivity index (χ4v) is 1.48. The molecule has 0 aromatic rings. The Hall–Kier alpha value is -1.06. The Morgan fingerprint density at radius 3 is 2.36 bits per heavy atom. The molecule has 0 saturated heterocycles. The van der Waals surface area contributed by atoms with Gasteiger partial charge in [0.05, 0.1) is 12.4 Å². The van der Waals surface area contributed by atoms with Crippen molar-refractivity contribution in [3.05, 3.63) is 6.92 Å². The molecule has 6 heteroatoms. The Kier molecular flexibility index (Phi) is 4.60. The van der Waals surface area contributed by atoms with Gasteiger partial charge in [0.1, 0.15) is 5.92 Å². The number of rotatable bonds is 4. The van der Waals surface area contributed by atoms with Crippen LogP contribution in [0.5, 0.6) is 0 Å². The lowest BCUT2D eigenvalue weighted by Crippen LogP contribution is -2.28. The van der Waals surface area contributed by atoms with E-state index in [1.807, 2.05) is 0 Å². The molecule has 1 N–H and O–H groups in total. The summed E-state index contributed by atoms with van der Waals surface area (Å²) in [4.78, 5) is 10.6. The van der Waals surface area contributed by atoms with Crippen LogP contribution in [0.25, 0.3) is 0 Å². The molecule has 0 amide bonds. The maximum absolute atomic E-state index is 10.7. The predicted octanol–water partition coefficient (Wildman–Crippen LogP) is -0.111. The molecule has 0 spiro atoms. The first kappa shape index (κ1) is 12.9. The highest BCUT2D eigenvalue weighted by Crippen LogP contribution is 2.09. The van der Waals surface area contributed by atoms with E-state index >= 15 is 0 Å². The first-order valence-electron chi connectivity index (χ1n) is 3.66. The average molecular weight is 219 g/mol. The summed E-state index contributed by atoms with van der Waals surface area (Å²) >= 11 is 0. The number of hydrogen-bond donors (Lipinski definition) is 1. The van der Waals surface area contributed by atoms with Gasteiger partial charge in [0.2, 0.25) is 0 Å². The second-order valence-corrected chi connectivity index (χ2v) is 4.24. The van der Waals surface area contributed by atoms with E-state index < -0.39 is 28.1 Å². The minimum absolute atomic E-state index is 0.847. The van der Waals surface area contributed by atoms with Crippen molar-refractivity contribution < 1.29 is 22.5 Å². The third-order valence-electron chi connectivity index (χ3n) is 1.32. The van der Waals surface area contributed by atoms with Crippen LogP contribution in [0.1, 0.15) is 6.92 Å². The zero-order chi connectivity index (χ0) is 11.4. The molecule has 0 rings (SSSR count). The van der Waals surface area contributed by atoms with Crippen LogP contribution in [-0.2, 0) is 19.1 Å². The van der Waals surface area contributed by atoms with Crippen LogP contribution in [0, 0.1) is 24.7 Å². The quantitative estimate of drug-likeness (QED) is 0.527. The van der Waals surface area contributed by atoms with Crippen molar-refractivity contribution in [2.45, 2.75) is 13.0 Å². The Morgan fingerprint density at radius 2 is 2.07 bits per heavy atom. The topological polar surface area (TPSA) is 80.7 Å². The van der Waals surface area contributed by atoms with Crippen LogP contribution in [0.2, 0.25) is 0 Å². The highest BCUT2D eigenvalue weighted by molar-refractivity contribution is 7.86. The highest BCUT2D eigenvalue weighted by Gasteiger charge is 2.26. The van der Waals surface area contributed by atoms with Crippen LogP contribution in [0.3, 0.4) is 0 Å². The van der Waals surface area contributed by atoms with Crippen molar-refractivity contribution in [1.82, 2.24) is 0 Å². The van der Waals surface area contributed by atoms with E-state index in [-0.39, 0.29) is 0 Å². The Bertz CT molecular complexity index is 359. The minimum atomic E-state index is -3.67. The van der Waals surface area contributed by atoms with Crippen LogP contribution in [0.15, 0.2) is 0 Å². The third-order valence-corrected chi connectivity index (χ3v) is 1.97. The predicted molar refractivity (Wildman–Crippen MR) is 49.6 cm³/mol. The summed E-state index contributed by atoms with van der Waals surface area (Å²) in [5.74, 6) is 1.98. The van der Waals surface area contributed by atoms with Gasteiger partial charge in [0.25, 0.3) is 10.1 Å². The monoisotopic (exact) mass is 219 g/mol. The number of carboxylic acid groups (broad SMARTS) is 1. The molecule has 0 aliphatic heterocycles. The van der Waals surface area contributed by atoms with Crippen molar-refractivity contribution in [1.29, 1.82) is 0 Å². The Balaban J connectivity index is 4.67. The first-order chi connectivity index (χ1) is 6.28. The summed E-state index contributed by atoms with van der Waals surface area (Å²) in [6, 6.07) is 0. The fraction of sp³-hybridized carbons (Fsp3) is 0.500. The summed E-state index contributed by atoms with van der Waals surface area (Å²) in [5.41, 5.74) is 0. The van der Waals surface area contributed by atoms with Gasteiger partial charge in [-0.2, -0.15) is 8.42 Å². The van der Waals surface area contributed by atoms with Crippen LogP contribution < -0.4 is 0 Å². The summed E-state index contributed by atoms with van der Waals surface area (Å²) in [6.07, 6.45) is -0.184. The van der Waals surface area contributed by atoms with E-state index in [9.17, 15) is 13.2 Å². The van der Waals surface area contributed by atoms with Gasteiger partial charge in [-0.1, -0.05) is 5.92 Å². The van der Waals surface area contributed by atoms with Crippen LogP contribution in [-0.4, -0.2) is 31.9 Å². The average Bonchev–Trinajstić information content (AvgIpc) is 1.95. The highest BCUT2D eigenvalue weighted by atomic mass is 32.2. The second-order valence-electron chi connectivity index (χ2n) is 2.64. The van der Waals surface area contributed by atoms with E-state index in [4.69, 9.17) is 5.11 Å². The molecule has 0 aromatic carbocycles. The Labute approximate surface area is 83.2 Å². The van der Waals surface area contributed by atoms with Gasteiger partial charge in [-0.05, 0) is 6.92 Å². The van der Waals surface area contributed by atoms with Gasteiger partial charge in [-0.25, -0.2) is 0 Å². The van der Waals surface area contributed by atoms with Crippen molar-refractivity contribution in [3.8, 4) is 11.8 Å². The summed E-state index contributed by atoms with van der Waals surface area (Å²) in [6.45, 7) is 4.48. The van der Waals surface area contributed by atoms with E-state index in [1.165, 1.54) is 6.92 Å². The van der Waals surface area contributed by atoms with Crippen molar-refractivity contribution in [2.24, 2.45) is 5.92 Å². The summed E-state index contributed by atoms with van der Waals surface area (Å²) in [7, 11) is -3.67. The molecule has 0 fully saturated rings. The lowest BCUT2D eigenvalue weighted by molar-refractivity contribution is -0.141. The molecule has 0 aliphatic carbocycles. The van der Waals surface area contributed by atoms with Crippen LogP contribution in [0.4, 0.5) is 0 Å². The molecule has 1 radical (unpaired) electrons. The normalized spacial score (nSPS) is 15.1. The molecule has 0 aromatic heterocycles. The number of hydrogen-bond acceptors (Lipinski definition) is 4. The van der Waals surface area contributed by atoms with E-state index in [1.54, 1.807) is 0 Å². The maximum Gasteiger partial charge on any atom is 0.321 e. The molecule has 79 valence electrons. The molecule has 0 aliphatic rings. The van der Waals surface area contributed by atoms with Gasteiger partial charge in [-0.15, -0.1) is 5.92 Å². The number of carbonyl (C=O) groups is 1. The van der Waals surface area contributed by atoms with Gasteiger partial charge in [0.15, 0.2) is 0 Å². The van der Waals surface area contributed by atoms with Gasteiger partial charge >= 0.3 is 5.97 Å². The van der Waals surface area contributed by atoms with Gasteiger partial charge in [-0.3, -0.25) is 8.98 Å². The molecule has 14 heavy (non-hydrogen) atoms. The molecular formula is C8H11O5S. The van der Waals surface area contributed by atoms with Gasteiger partial charge < -0.3 is 5.11 Å². The molecular weight excluding hydrogens is 208 g/mol. The standard InChI is InChI=1S/C8H11O5S/c1-4-5-7(8(9)10)6(2)13-14(3,11)12/h6-7H,1H2,2-3H3,(H,9,10). The molecule has 0 heterocycles. The Morgan fingerprint density at radius 1 is 1.57 bits per heavy atom. The minimum Gasteiger partial charge on any atom is -0.480 e. The summed E-state index contributed by atoms with van der Waals surface area (Å²) < 4.78 is 25.9. The van der Waals surface area contributed by atoms with Gasteiger partial charge in [0, 0.05) is 6.92 Å². The lowest BCUT2D eigenvalue weighted by Gasteiger charge is -2.13. The zero-order valence-electron chi connectivity index (χ0n) is 7.85. The smallest absolute Gasteiger partial charge is 0.321 e. The lowest BCUT2D eigenvalue weighted by atomic mass is 10.1. The van der Waals surface area contributed by atoms with E-state index in [2.05, 4.69) is 22.9 Å². The molecule has 0 saturated carbocycles. The van der Waals surface area contributed by atoms with Crippen molar-refractivity contribution in [3.63, 3.8) is 0 Å². The summed E-state index contributed by atoms with van der Waals surface area (Å²) in [5, 5.41) is 8.67. The second kappa shape index (κ2) is 4.98. The zero-order valence-corrected chi connectivity index (χ0v) is 8.67. The largest absolute Gasteiger partial charge is 0.480 e. The molecule has 2 unspecified atom stereocenters.